The van der Waals surface area contributed by atoms with Gasteiger partial charge in [-0.2, -0.15) is 0 Å². The van der Waals surface area contributed by atoms with E-state index in [1.54, 1.807) is 0 Å². The number of carboxylic acids is 1. The second kappa shape index (κ2) is 3.18. The lowest BCUT2D eigenvalue weighted by molar-refractivity contribution is -0.137. The van der Waals surface area contributed by atoms with Crippen LogP contribution in [0.15, 0.2) is 6.33 Å². The van der Waals surface area contributed by atoms with Gasteiger partial charge in [-0.05, 0) is 0 Å². The topological polar surface area (TPSA) is 93.8 Å². The minimum Gasteiger partial charge on any atom is -0.480 e. The lowest BCUT2D eigenvalue weighted by Gasteiger charge is -1.95. The molecule has 0 amide bonds. The van der Waals surface area contributed by atoms with Crippen LogP contribution >= 0.6 is 11.6 Å². The normalized spacial score (nSPS) is 10.6. The van der Waals surface area contributed by atoms with Crippen molar-refractivity contribution < 1.29 is 9.90 Å². The van der Waals surface area contributed by atoms with Gasteiger partial charge in [0.1, 0.15) is 12.9 Å². The van der Waals surface area contributed by atoms with E-state index in [1.807, 2.05) is 0 Å². The van der Waals surface area contributed by atoms with Crippen LogP contribution < -0.4 is 0 Å². The predicted molar refractivity (Wildman–Crippen MR) is 45.8 cm³/mol. The van der Waals surface area contributed by atoms with Gasteiger partial charge < -0.3 is 5.11 Å². The molecule has 72 valence electrons. The molecule has 2 rings (SSSR count). The summed E-state index contributed by atoms with van der Waals surface area (Å²) in [7, 11) is 0. The molecule has 1 N–H and O–H groups in total. The Bertz CT molecular complexity index is 496. The van der Waals surface area contributed by atoms with Crippen molar-refractivity contribution in [3.05, 3.63) is 11.5 Å². The first-order valence-corrected chi connectivity index (χ1v) is 3.98. The first-order valence-electron chi connectivity index (χ1n) is 3.60. The van der Waals surface area contributed by atoms with Crippen molar-refractivity contribution in [2.24, 2.45) is 0 Å². The molecule has 8 heteroatoms. The number of hydrogen-bond acceptors (Lipinski definition) is 5. The van der Waals surface area contributed by atoms with E-state index >= 15 is 0 Å². The molecule has 14 heavy (non-hydrogen) atoms. The number of carbonyl (C=O) groups is 1. The Labute approximate surface area is 82.3 Å². The summed E-state index contributed by atoms with van der Waals surface area (Å²) in [5, 5.41) is 16.0. The molecule has 0 radical (unpaired) electrons. The molecular weight excluding hydrogens is 210 g/mol. The quantitative estimate of drug-likeness (QED) is 0.704. The number of carboxylic acid groups (broad SMARTS) is 1. The van der Waals surface area contributed by atoms with E-state index in [0.717, 1.165) is 4.68 Å². The molecule has 0 aliphatic carbocycles. The van der Waals surface area contributed by atoms with Crippen LogP contribution in [-0.2, 0) is 11.3 Å². The fraction of sp³-hybridized carbons (Fsp3) is 0.167. The Kier molecular flexibility index (Phi) is 2.01. The Morgan fingerprint density at radius 1 is 1.57 bits per heavy atom. The number of fused-ring (bicyclic) bond motifs is 1. The van der Waals surface area contributed by atoms with Crippen LogP contribution in [0.5, 0.6) is 0 Å². The van der Waals surface area contributed by atoms with E-state index in [9.17, 15) is 4.79 Å². The highest BCUT2D eigenvalue weighted by Crippen LogP contribution is 2.14. The molecule has 0 fully saturated rings. The maximum absolute atomic E-state index is 10.4. The minimum absolute atomic E-state index is 0.159. The minimum atomic E-state index is -1.02. The van der Waals surface area contributed by atoms with Gasteiger partial charge in [0.05, 0.1) is 0 Å². The maximum atomic E-state index is 10.4. The monoisotopic (exact) mass is 213 g/mol. The SMILES string of the molecule is O=C(O)Cn1nnc2c(Cl)ncnc21. The Hall–Kier alpha value is -1.76. The van der Waals surface area contributed by atoms with Gasteiger partial charge in [-0.1, -0.05) is 16.8 Å². The van der Waals surface area contributed by atoms with E-state index in [0.29, 0.717) is 11.2 Å². The molecule has 0 unspecified atom stereocenters. The zero-order chi connectivity index (χ0) is 10.1. The second-order valence-electron chi connectivity index (χ2n) is 2.48. The van der Waals surface area contributed by atoms with Gasteiger partial charge in [-0.3, -0.25) is 4.79 Å². The van der Waals surface area contributed by atoms with Crippen LogP contribution in [-0.4, -0.2) is 36.0 Å². The molecule has 0 aliphatic heterocycles. The zero-order valence-electron chi connectivity index (χ0n) is 6.75. The lowest BCUT2D eigenvalue weighted by Crippen LogP contribution is -2.10. The van der Waals surface area contributed by atoms with Crippen molar-refractivity contribution in [2.45, 2.75) is 6.54 Å². The van der Waals surface area contributed by atoms with Crippen molar-refractivity contribution in [3.8, 4) is 0 Å². The predicted octanol–water partition coefficient (Wildman–Crippen LogP) is -0.0407. The summed E-state index contributed by atoms with van der Waals surface area (Å²) in [5.74, 6) is -1.02. The molecule has 0 aromatic carbocycles. The highest BCUT2D eigenvalue weighted by molar-refractivity contribution is 6.33. The third-order valence-corrected chi connectivity index (χ3v) is 1.82. The van der Waals surface area contributed by atoms with E-state index in [1.165, 1.54) is 6.33 Å². The summed E-state index contributed by atoms with van der Waals surface area (Å²) in [6.07, 6.45) is 1.23. The standard InChI is InChI=1S/C6H4ClN5O2/c7-5-4-6(9-2-8-5)12(11-10-4)1-3(13)14/h2H,1H2,(H,13,14). The van der Waals surface area contributed by atoms with E-state index in [2.05, 4.69) is 20.3 Å². The molecule has 0 saturated carbocycles. The number of hydrogen-bond donors (Lipinski definition) is 1. The van der Waals surface area contributed by atoms with Crippen molar-refractivity contribution in [1.29, 1.82) is 0 Å². The van der Waals surface area contributed by atoms with Gasteiger partial charge >= 0.3 is 5.97 Å². The van der Waals surface area contributed by atoms with E-state index in [4.69, 9.17) is 16.7 Å². The third-order valence-electron chi connectivity index (χ3n) is 1.54. The molecule has 0 spiro atoms. The van der Waals surface area contributed by atoms with Gasteiger partial charge in [0.15, 0.2) is 16.3 Å². The van der Waals surface area contributed by atoms with E-state index < -0.39 is 5.97 Å². The number of aromatic nitrogens is 5. The molecule has 2 heterocycles. The Morgan fingerprint density at radius 2 is 2.36 bits per heavy atom. The molecule has 0 atom stereocenters. The number of rotatable bonds is 2. The van der Waals surface area contributed by atoms with Crippen molar-refractivity contribution >= 4 is 28.7 Å². The average Bonchev–Trinajstić information content (AvgIpc) is 2.49. The van der Waals surface area contributed by atoms with Gasteiger partial charge in [0.25, 0.3) is 0 Å². The summed E-state index contributed by atoms with van der Waals surface area (Å²) >= 11 is 5.69. The van der Waals surface area contributed by atoms with Crippen LogP contribution in [0.25, 0.3) is 11.2 Å². The first kappa shape index (κ1) is 8.82. The average molecular weight is 214 g/mol. The Balaban J connectivity index is 2.58. The smallest absolute Gasteiger partial charge is 0.325 e. The summed E-state index contributed by atoms with van der Waals surface area (Å²) in [6.45, 7) is -0.302. The van der Waals surface area contributed by atoms with Crippen molar-refractivity contribution in [1.82, 2.24) is 25.0 Å². The summed E-state index contributed by atoms with van der Waals surface area (Å²) in [5.41, 5.74) is 0.614. The number of aliphatic carboxylic acids is 1. The third kappa shape index (κ3) is 1.37. The van der Waals surface area contributed by atoms with Gasteiger partial charge in [-0.15, -0.1) is 5.10 Å². The molecule has 0 saturated heterocycles. The van der Waals surface area contributed by atoms with E-state index in [-0.39, 0.29) is 11.7 Å². The maximum Gasteiger partial charge on any atom is 0.325 e. The summed E-state index contributed by atoms with van der Waals surface area (Å²) in [6, 6.07) is 0. The molecule has 7 nitrogen and oxygen atoms in total. The molecule has 2 aromatic heterocycles. The van der Waals surface area contributed by atoms with Gasteiger partial charge in [-0.25, -0.2) is 14.6 Å². The second-order valence-corrected chi connectivity index (χ2v) is 2.84. The van der Waals surface area contributed by atoms with Crippen LogP contribution in [0.3, 0.4) is 0 Å². The largest absolute Gasteiger partial charge is 0.480 e. The van der Waals surface area contributed by atoms with Crippen LogP contribution in [0.2, 0.25) is 5.15 Å². The lowest BCUT2D eigenvalue weighted by atomic mass is 10.5. The summed E-state index contributed by atoms with van der Waals surface area (Å²) in [4.78, 5) is 18.0. The first-order chi connectivity index (χ1) is 6.68. The van der Waals surface area contributed by atoms with Gasteiger partial charge in [0.2, 0.25) is 0 Å². The fourth-order valence-electron chi connectivity index (χ4n) is 0.999. The van der Waals surface area contributed by atoms with Crippen LogP contribution in [0.1, 0.15) is 0 Å². The summed E-state index contributed by atoms with van der Waals surface area (Å²) < 4.78 is 1.14. The number of nitrogens with zero attached hydrogens (tertiary/aromatic N) is 5. The molecule has 2 aromatic rings. The van der Waals surface area contributed by atoms with Crippen LogP contribution in [0.4, 0.5) is 0 Å². The van der Waals surface area contributed by atoms with Crippen molar-refractivity contribution in [2.75, 3.05) is 0 Å². The molecule has 0 bridgehead atoms. The molecule has 0 aliphatic rings. The fourth-order valence-corrected chi connectivity index (χ4v) is 1.17. The highest BCUT2D eigenvalue weighted by Gasteiger charge is 2.11. The van der Waals surface area contributed by atoms with Crippen LogP contribution in [0, 0.1) is 0 Å². The number of halogens is 1. The van der Waals surface area contributed by atoms with Gasteiger partial charge in [0, 0.05) is 0 Å². The highest BCUT2D eigenvalue weighted by atomic mass is 35.5. The zero-order valence-corrected chi connectivity index (χ0v) is 7.51. The molecular formula is C6H4ClN5O2. The van der Waals surface area contributed by atoms with Crippen molar-refractivity contribution in [3.63, 3.8) is 0 Å². The Morgan fingerprint density at radius 3 is 3.07 bits per heavy atom.